The summed E-state index contributed by atoms with van der Waals surface area (Å²) in [6, 6.07) is 13.3. The molecule has 0 saturated carbocycles. The number of carbonyl (C=O) groups excluding carboxylic acids is 1. The largest absolute Gasteiger partial charge is 0.490 e. The summed E-state index contributed by atoms with van der Waals surface area (Å²) in [5.41, 5.74) is 2.25. The predicted molar refractivity (Wildman–Crippen MR) is 139 cm³/mol. The molecular weight excluding hydrogens is 460 g/mol. The molecule has 0 aliphatic carbocycles. The van der Waals surface area contributed by atoms with Crippen molar-refractivity contribution >= 4 is 17.6 Å². The highest BCUT2D eigenvalue weighted by Gasteiger charge is 2.16. The average Bonchev–Trinajstić information content (AvgIpc) is 2.84. The van der Waals surface area contributed by atoms with E-state index in [0.29, 0.717) is 5.69 Å². The number of aryl methyl sites for hydroxylation is 2. The predicted octanol–water partition coefficient (Wildman–Crippen LogP) is 3.94. The Balaban J connectivity index is 1.98. The van der Waals surface area contributed by atoms with Crippen LogP contribution in [0.4, 0.5) is 11.6 Å². The van der Waals surface area contributed by atoms with Crippen molar-refractivity contribution in [2.24, 2.45) is 0 Å². The summed E-state index contributed by atoms with van der Waals surface area (Å²) in [5.74, 6) is 0.411. The minimum absolute atomic E-state index is 0.0889. The summed E-state index contributed by atoms with van der Waals surface area (Å²) in [5, 5.41) is 3.12. The smallest absolute Gasteiger partial charge is 0.354 e. The molecule has 1 N–H and O–H groups in total. The van der Waals surface area contributed by atoms with Gasteiger partial charge in [-0.1, -0.05) is 36.8 Å². The normalized spacial score (nSPS) is 11.7. The maximum Gasteiger partial charge on any atom is 0.354 e. The standard InChI is InChI=1S/C27H34N4O5/c1-6-20(5)36-23-13-12-22(16-19(23)4)28-25-29-26(33)30(15-14-24(32)35-7-2)27(34)31(25)17-21-10-8-18(3)9-11-21/h8-13,16,20H,6-7,14-15,17H2,1-5H3,(H,28,29,33)/t20-/m1/s1. The van der Waals surface area contributed by atoms with Gasteiger partial charge in [-0.2, -0.15) is 4.98 Å². The fourth-order valence-corrected chi connectivity index (χ4v) is 3.56. The number of nitrogens with one attached hydrogen (secondary N) is 1. The van der Waals surface area contributed by atoms with E-state index in [-0.39, 0.29) is 38.2 Å². The highest BCUT2D eigenvalue weighted by Crippen LogP contribution is 2.25. The van der Waals surface area contributed by atoms with Crippen molar-refractivity contribution in [2.45, 2.75) is 66.7 Å². The second-order valence-corrected chi connectivity index (χ2v) is 8.72. The Morgan fingerprint density at radius 1 is 1.06 bits per heavy atom. The second-order valence-electron chi connectivity index (χ2n) is 8.72. The summed E-state index contributed by atoms with van der Waals surface area (Å²) in [6.07, 6.45) is 0.881. The highest BCUT2D eigenvalue weighted by molar-refractivity contribution is 5.69. The summed E-state index contributed by atoms with van der Waals surface area (Å²) in [4.78, 5) is 42.1. The maximum absolute atomic E-state index is 13.4. The fraction of sp³-hybridized carbons (Fsp3) is 0.407. The van der Waals surface area contributed by atoms with Crippen LogP contribution >= 0.6 is 0 Å². The molecule has 0 unspecified atom stereocenters. The summed E-state index contributed by atoms with van der Waals surface area (Å²) in [6.45, 7) is 10.00. The molecule has 0 saturated heterocycles. The van der Waals surface area contributed by atoms with Crippen molar-refractivity contribution in [3.8, 4) is 5.75 Å². The summed E-state index contributed by atoms with van der Waals surface area (Å²) in [7, 11) is 0. The number of benzene rings is 2. The number of ether oxygens (including phenoxy) is 2. The Morgan fingerprint density at radius 2 is 1.78 bits per heavy atom. The minimum Gasteiger partial charge on any atom is -0.490 e. The van der Waals surface area contributed by atoms with Crippen molar-refractivity contribution in [3.05, 3.63) is 80.1 Å². The van der Waals surface area contributed by atoms with Crippen LogP contribution in [0.15, 0.2) is 52.1 Å². The molecule has 0 spiro atoms. The van der Waals surface area contributed by atoms with Gasteiger partial charge in [0.05, 0.1) is 25.7 Å². The average molecular weight is 495 g/mol. The van der Waals surface area contributed by atoms with Gasteiger partial charge in [0.2, 0.25) is 5.95 Å². The van der Waals surface area contributed by atoms with Crippen molar-refractivity contribution in [3.63, 3.8) is 0 Å². The van der Waals surface area contributed by atoms with E-state index in [2.05, 4.69) is 17.2 Å². The Hall–Kier alpha value is -3.88. The molecule has 0 radical (unpaired) electrons. The van der Waals surface area contributed by atoms with Crippen molar-refractivity contribution in [1.29, 1.82) is 0 Å². The molecule has 9 nitrogen and oxygen atoms in total. The van der Waals surface area contributed by atoms with Gasteiger partial charge < -0.3 is 14.8 Å². The molecular formula is C27H34N4O5. The lowest BCUT2D eigenvalue weighted by Gasteiger charge is -2.18. The molecule has 0 fully saturated rings. The van der Waals surface area contributed by atoms with Gasteiger partial charge in [0.15, 0.2) is 0 Å². The lowest BCUT2D eigenvalue weighted by Crippen LogP contribution is -2.43. The number of hydrogen-bond donors (Lipinski definition) is 1. The number of hydrogen-bond acceptors (Lipinski definition) is 7. The summed E-state index contributed by atoms with van der Waals surface area (Å²) < 4.78 is 13.2. The molecule has 2 aromatic carbocycles. The molecule has 3 rings (SSSR count). The van der Waals surface area contributed by atoms with Crippen molar-refractivity contribution in [1.82, 2.24) is 14.1 Å². The summed E-state index contributed by atoms with van der Waals surface area (Å²) >= 11 is 0. The Morgan fingerprint density at radius 3 is 2.42 bits per heavy atom. The van der Waals surface area contributed by atoms with Gasteiger partial charge in [0.1, 0.15) is 5.75 Å². The third-order valence-electron chi connectivity index (χ3n) is 5.79. The molecule has 0 aliphatic heterocycles. The first-order valence-electron chi connectivity index (χ1n) is 12.2. The van der Waals surface area contributed by atoms with Crippen molar-refractivity contribution in [2.75, 3.05) is 11.9 Å². The molecule has 36 heavy (non-hydrogen) atoms. The maximum atomic E-state index is 13.4. The van der Waals surface area contributed by atoms with E-state index >= 15 is 0 Å². The van der Waals surface area contributed by atoms with Crippen LogP contribution in [0.2, 0.25) is 0 Å². The molecule has 1 atom stereocenters. The lowest BCUT2D eigenvalue weighted by atomic mass is 10.1. The van der Waals surface area contributed by atoms with Crippen LogP contribution in [-0.4, -0.2) is 32.8 Å². The Bertz CT molecular complexity index is 1310. The molecule has 1 heterocycles. The molecule has 192 valence electrons. The van der Waals surface area contributed by atoms with Gasteiger partial charge in [0, 0.05) is 12.2 Å². The number of carbonyl (C=O) groups is 1. The van der Waals surface area contributed by atoms with E-state index in [1.807, 2.05) is 63.2 Å². The van der Waals surface area contributed by atoms with E-state index < -0.39 is 17.3 Å². The van der Waals surface area contributed by atoms with Gasteiger partial charge in [-0.05, 0) is 63.4 Å². The molecule has 0 aliphatic rings. The first kappa shape index (κ1) is 26.7. The second kappa shape index (κ2) is 12.2. The molecule has 0 bridgehead atoms. The minimum atomic E-state index is -0.736. The van der Waals surface area contributed by atoms with Gasteiger partial charge in [0.25, 0.3) is 0 Å². The van der Waals surface area contributed by atoms with E-state index in [0.717, 1.165) is 33.4 Å². The topological polar surface area (TPSA) is 104 Å². The van der Waals surface area contributed by atoms with Crippen LogP contribution in [0, 0.1) is 13.8 Å². The fourth-order valence-electron chi connectivity index (χ4n) is 3.56. The quantitative estimate of drug-likeness (QED) is 0.403. The van der Waals surface area contributed by atoms with Crippen LogP contribution < -0.4 is 21.4 Å². The van der Waals surface area contributed by atoms with Gasteiger partial charge in [-0.3, -0.25) is 9.36 Å². The van der Waals surface area contributed by atoms with E-state index in [9.17, 15) is 14.4 Å². The van der Waals surface area contributed by atoms with Gasteiger partial charge in [-0.25, -0.2) is 14.2 Å². The van der Waals surface area contributed by atoms with Gasteiger partial charge in [-0.15, -0.1) is 0 Å². The molecule has 9 heteroatoms. The monoisotopic (exact) mass is 494 g/mol. The van der Waals surface area contributed by atoms with E-state index in [4.69, 9.17) is 9.47 Å². The Kier molecular flexibility index (Phi) is 9.05. The Labute approximate surface area is 210 Å². The molecule has 3 aromatic rings. The number of esters is 1. The lowest BCUT2D eigenvalue weighted by molar-refractivity contribution is -0.143. The SMILES string of the molecule is CCOC(=O)CCn1c(=O)nc(Nc2ccc(O[C@H](C)CC)c(C)c2)n(Cc2ccc(C)cc2)c1=O. The van der Waals surface area contributed by atoms with E-state index in [1.54, 1.807) is 6.92 Å². The van der Waals surface area contributed by atoms with Gasteiger partial charge >= 0.3 is 17.3 Å². The van der Waals surface area contributed by atoms with Crippen LogP contribution in [0.1, 0.15) is 50.3 Å². The van der Waals surface area contributed by atoms with Crippen molar-refractivity contribution < 1.29 is 14.3 Å². The van der Waals surface area contributed by atoms with E-state index in [1.165, 1.54) is 4.57 Å². The van der Waals surface area contributed by atoms with Crippen LogP contribution in [0.5, 0.6) is 5.75 Å². The molecule has 1 aromatic heterocycles. The molecule has 0 amide bonds. The zero-order valence-electron chi connectivity index (χ0n) is 21.5. The number of rotatable bonds is 11. The zero-order valence-corrected chi connectivity index (χ0v) is 21.5. The number of aromatic nitrogens is 3. The van der Waals surface area contributed by atoms with Crippen LogP contribution in [0.3, 0.4) is 0 Å². The third-order valence-corrected chi connectivity index (χ3v) is 5.79. The third kappa shape index (κ3) is 6.84. The first-order chi connectivity index (χ1) is 17.2. The van der Waals surface area contributed by atoms with Crippen LogP contribution in [0.25, 0.3) is 0 Å². The highest BCUT2D eigenvalue weighted by atomic mass is 16.5. The van der Waals surface area contributed by atoms with Crippen LogP contribution in [-0.2, 0) is 22.6 Å². The first-order valence-corrected chi connectivity index (χ1v) is 12.2. The number of anilines is 2. The zero-order chi connectivity index (χ0) is 26.2. The number of nitrogens with zero attached hydrogens (tertiary/aromatic N) is 3.